The quantitative estimate of drug-likeness (QED) is 0.411. The molecule has 0 saturated carbocycles. The Morgan fingerprint density at radius 1 is 0.913 bits per heavy atom. The molecule has 0 unspecified atom stereocenters. The second-order valence-corrected chi connectivity index (χ2v) is 4.82. The van der Waals surface area contributed by atoms with Crippen LogP contribution in [-0.2, 0) is 9.47 Å². The van der Waals surface area contributed by atoms with Crippen molar-refractivity contribution < 1.29 is 23.5 Å². The zero-order valence-corrected chi connectivity index (χ0v) is 12.4. The standard InChI is InChI=1S/C17H12O6/c1-21-15(18)13-11-7-9-5-3-4-6-10(9)8-12(11)23-17(20)14(13)16(19)22-2/h3-8H,1-2H3. The van der Waals surface area contributed by atoms with Gasteiger partial charge in [-0.3, -0.25) is 0 Å². The lowest BCUT2D eigenvalue weighted by atomic mass is 10.0. The highest BCUT2D eigenvalue weighted by Crippen LogP contribution is 2.27. The minimum atomic E-state index is -0.950. The second-order valence-electron chi connectivity index (χ2n) is 4.82. The molecular weight excluding hydrogens is 300 g/mol. The minimum Gasteiger partial charge on any atom is -0.465 e. The van der Waals surface area contributed by atoms with Gasteiger partial charge >= 0.3 is 17.6 Å². The van der Waals surface area contributed by atoms with Gasteiger partial charge in [0.25, 0.3) is 0 Å². The molecule has 2 aromatic carbocycles. The number of carbonyl (C=O) groups excluding carboxylic acids is 2. The van der Waals surface area contributed by atoms with E-state index < -0.39 is 23.1 Å². The Bertz CT molecular complexity index is 999. The van der Waals surface area contributed by atoms with Crippen molar-refractivity contribution in [1.82, 2.24) is 0 Å². The Balaban J connectivity index is 2.51. The molecule has 0 atom stereocenters. The van der Waals surface area contributed by atoms with Crippen molar-refractivity contribution in [3.8, 4) is 0 Å². The van der Waals surface area contributed by atoms with Crippen LogP contribution in [0.5, 0.6) is 0 Å². The Kier molecular flexibility index (Phi) is 3.57. The van der Waals surface area contributed by atoms with E-state index in [1.807, 2.05) is 24.3 Å². The van der Waals surface area contributed by atoms with Crippen LogP contribution in [0, 0.1) is 0 Å². The third-order valence-corrected chi connectivity index (χ3v) is 3.55. The Labute approximate surface area is 130 Å². The predicted molar refractivity (Wildman–Crippen MR) is 82.7 cm³/mol. The van der Waals surface area contributed by atoms with Crippen LogP contribution < -0.4 is 5.63 Å². The maximum atomic E-state index is 12.1. The van der Waals surface area contributed by atoms with Gasteiger partial charge in [0.2, 0.25) is 0 Å². The number of methoxy groups -OCH3 is 2. The molecule has 3 rings (SSSR count). The molecule has 116 valence electrons. The average Bonchev–Trinajstić information content (AvgIpc) is 2.57. The summed E-state index contributed by atoms with van der Waals surface area (Å²) in [4.78, 5) is 36.2. The van der Waals surface area contributed by atoms with Crippen molar-refractivity contribution in [2.24, 2.45) is 0 Å². The number of rotatable bonds is 2. The fourth-order valence-corrected chi connectivity index (χ4v) is 2.49. The van der Waals surface area contributed by atoms with Gasteiger partial charge < -0.3 is 13.9 Å². The first-order valence-corrected chi connectivity index (χ1v) is 6.73. The van der Waals surface area contributed by atoms with Gasteiger partial charge in [-0.05, 0) is 22.9 Å². The smallest absolute Gasteiger partial charge is 0.351 e. The summed E-state index contributed by atoms with van der Waals surface area (Å²) in [6, 6.07) is 10.7. The van der Waals surface area contributed by atoms with Gasteiger partial charge in [0.15, 0.2) is 5.56 Å². The molecule has 0 bridgehead atoms. The van der Waals surface area contributed by atoms with Gasteiger partial charge in [-0.25, -0.2) is 14.4 Å². The normalized spacial score (nSPS) is 10.7. The van der Waals surface area contributed by atoms with Crippen LogP contribution in [0.25, 0.3) is 21.7 Å². The third-order valence-electron chi connectivity index (χ3n) is 3.55. The summed E-state index contributed by atoms with van der Waals surface area (Å²) < 4.78 is 14.5. The molecule has 0 radical (unpaired) electrons. The summed E-state index contributed by atoms with van der Waals surface area (Å²) in [7, 11) is 2.29. The number of hydrogen-bond acceptors (Lipinski definition) is 6. The zero-order valence-electron chi connectivity index (χ0n) is 12.4. The van der Waals surface area contributed by atoms with E-state index in [0.29, 0.717) is 5.39 Å². The monoisotopic (exact) mass is 312 g/mol. The average molecular weight is 312 g/mol. The summed E-state index contributed by atoms with van der Waals surface area (Å²) in [6.45, 7) is 0. The topological polar surface area (TPSA) is 82.8 Å². The van der Waals surface area contributed by atoms with Gasteiger partial charge in [0, 0.05) is 5.39 Å². The molecule has 1 aromatic heterocycles. The highest BCUT2D eigenvalue weighted by Gasteiger charge is 2.27. The lowest BCUT2D eigenvalue weighted by Gasteiger charge is -2.09. The molecule has 0 aliphatic rings. The number of carbonyl (C=O) groups is 2. The van der Waals surface area contributed by atoms with Gasteiger partial charge in [0.1, 0.15) is 5.58 Å². The number of esters is 2. The molecule has 0 N–H and O–H groups in total. The van der Waals surface area contributed by atoms with Crippen LogP contribution >= 0.6 is 0 Å². The summed E-state index contributed by atoms with van der Waals surface area (Å²) in [6.07, 6.45) is 0. The molecule has 0 spiro atoms. The number of benzene rings is 2. The van der Waals surface area contributed by atoms with Gasteiger partial charge in [-0.2, -0.15) is 0 Å². The van der Waals surface area contributed by atoms with E-state index >= 15 is 0 Å². The third kappa shape index (κ3) is 2.34. The summed E-state index contributed by atoms with van der Waals surface area (Å²) >= 11 is 0. The van der Waals surface area contributed by atoms with E-state index in [4.69, 9.17) is 9.15 Å². The fraction of sp³-hybridized carbons (Fsp3) is 0.118. The van der Waals surface area contributed by atoms with Crippen molar-refractivity contribution in [3.63, 3.8) is 0 Å². The van der Waals surface area contributed by atoms with Crippen molar-refractivity contribution >= 4 is 33.7 Å². The molecule has 0 fully saturated rings. The first-order chi connectivity index (χ1) is 11.1. The Hall–Kier alpha value is -3.15. The van der Waals surface area contributed by atoms with Crippen molar-refractivity contribution in [2.45, 2.75) is 0 Å². The van der Waals surface area contributed by atoms with E-state index in [0.717, 1.165) is 17.9 Å². The van der Waals surface area contributed by atoms with Crippen LogP contribution in [0.1, 0.15) is 20.7 Å². The lowest BCUT2D eigenvalue weighted by molar-refractivity contribution is 0.0552. The van der Waals surface area contributed by atoms with Crippen LogP contribution in [-0.4, -0.2) is 26.2 Å². The maximum Gasteiger partial charge on any atom is 0.351 e. The van der Waals surface area contributed by atoms with Crippen molar-refractivity contribution in [3.05, 3.63) is 57.9 Å². The minimum absolute atomic E-state index is 0.156. The number of ether oxygens (including phenoxy) is 2. The molecule has 0 aliphatic carbocycles. The summed E-state index contributed by atoms with van der Waals surface area (Å²) in [5.41, 5.74) is -1.37. The van der Waals surface area contributed by atoms with Crippen LogP contribution in [0.3, 0.4) is 0 Å². The zero-order chi connectivity index (χ0) is 16.6. The van der Waals surface area contributed by atoms with E-state index in [9.17, 15) is 14.4 Å². The van der Waals surface area contributed by atoms with Gasteiger partial charge in [-0.15, -0.1) is 0 Å². The second kappa shape index (κ2) is 5.57. The summed E-state index contributed by atoms with van der Waals surface area (Å²) in [5.74, 6) is -1.76. The van der Waals surface area contributed by atoms with Crippen molar-refractivity contribution in [2.75, 3.05) is 14.2 Å². The highest BCUT2D eigenvalue weighted by atomic mass is 16.5. The van der Waals surface area contributed by atoms with Crippen LogP contribution in [0.15, 0.2) is 45.6 Å². The van der Waals surface area contributed by atoms with E-state index in [-0.39, 0.29) is 11.1 Å². The largest absolute Gasteiger partial charge is 0.465 e. The Morgan fingerprint density at radius 3 is 2.09 bits per heavy atom. The maximum absolute atomic E-state index is 12.1. The molecule has 3 aromatic rings. The molecule has 0 amide bonds. The molecule has 6 nitrogen and oxygen atoms in total. The SMILES string of the molecule is COC(=O)c1c(C(=O)OC)c2cc3ccccc3cc2oc1=O. The molecule has 23 heavy (non-hydrogen) atoms. The molecular formula is C17H12O6. The highest BCUT2D eigenvalue weighted by molar-refractivity contribution is 6.13. The lowest BCUT2D eigenvalue weighted by Crippen LogP contribution is -2.22. The first-order valence-electron chi connectivity index (χ1n) is 6.73. The van der Waals surface area contributed by atoms with Crippen LogP contribution in [0.4, 0.5) is 0 Å². The Morgan fingerprint density at radius 2 is 1.48 bits per heavy atom. The number of fused-ring (bicyclic) bond motifs is 2. The predicted octanol–water partition coefficient (Wildman–Crippen LogP) is 2.52. The van der Waals surface area contributed by atoms with Gasteiger partial charge in [-0.1, -0.05) is 24.3 Å². The van der Waals surface area contributed by atoms with Gasteiger partial charge in [0.05, 0.1) is 19.8 Å². The molecule has 0 saturated heterocycles. The van der Waals surface area contributed by atoms with Crippen molar-refractivity contribution in [1.29, 1.82) is 0 Å². The number of hydrogen-bond donors (Lipinski definition) is 0. The van der Waals surface area contributed by atoms with E-state index in [1.165, 1.54) is 7.11 Å². The molecule has 1 heterocycles. The summed E-state index contributed by atoms with van der Waals surface area (Å²) in [5, 5.41) is 1.98. The van der Waals surface area contributed by atoms with E-state index in [2.05, 4.69) is 4.74 Å². The molecule has 0 aliphatic heterocycles. The fourth-order valence-electron chi connectivity index (χ4n) is 2.49. The van der Waals surface area contributed by atoms with E-state index in [1.54, 1.807) is 12.1 Å². The first kappa shape index (κ1) is 14.8. The van der Waals surface area contributed by atoms with Crippen LogP contribution in [0.2, 0.25) is 0 Å². The molecule has 6 heteroatoms.